The van der Waals surface area contributed by atoms with Crippen molar-refractivity contribution in [3.63, 3.8) is 0 Å². The zero-order chi connectivity index (χ0) is 20.5. The lowest BCUT2D eigenvalue weighted by molar-refractivity contribution is -0.384. The van der Waals surface area contributed by atoms with Crippen LogP contribution in [0.5, 0.6) is 11.5 Å². The van der Waals surface area contributed by atoms with Crippen LogP contribution < -0.4 is 14.4 Å². The maximum Gasteiger partial charge on any atom is 0.269 e. The summed E-state index contributed by atoms with van der Waals surface area (Å²) < 4.78 is 10.8. The van der Waals surface area contributed by atoms with Crippen LogP contribution in [0.1, 0.15) is 5.69 Å². The number of thiazole rings is 1. The average Bonchev–Trinajstić information content (AvgIpc) is 3.43. The SMILES string of the molecule is O=[N+]([O-])c1ccc(N2CCN(Cc3csc(-c4ccc5c(c4)OCO5)n3)CC2)cc1. The molecule has 0 aliphatic carbocycles. The molecule has 9 heteroatoms. The number of aromatic nitrogens is 1. The van der Waals surface area contributed by atoms with E-state index in [2.05, 4.69) is 15.2 Å². The van der Waals surface area contributed by atoms with E-state index in [4.69, 9.17) is 14.5 Å². The van der Waals surface area contributed by atoms with Gasteiger partial charge in [0, 0.05) is 61.5 Å². The van der Waals surface area contributed by atoms with Gasteiger partial charge in [0.15, 0.2) is 11.5 Å². The van der Waals surface area contributed by atoms with Crippen LogP contribution in [0.25, 0.3) is 10.6 Å². The molecule has 0 N–H and O–H groups in total. The summed E-state index contributed by atoms with van der Waals surface area (Å²) in [4.78, 5) is 19.9. The van der Waals surface area contributed by atoms with E-state index in [1.54, 1.807) is 23.5 Å². The molecule has 1 fully saturated rings. The molecule has 0 unspecified atom stereocenters. The Kier molecular flexibility index (Phi) is 4.97. The predicted octanol–water partition coefficient (Wildman–Crippen LogP) is 3.77. The number of nitro benzene ring substituents is 1. The van der Waals surface area contributed by atoms with Crippen LogP contribution in [0.4, 0.5) is 11.4 Å². The zero-order valence-corrected chi connectivity index (χ0v) is 17.0. The molecule has 0 bridgehead atoms. The van der Waals surface area contributed by atoms with Crippen molar-refractivity contribution in [3.8, 4) is 22.1 Å². The summed E-state index contributed by atoms with van der Waals surface area (Å²) in [7, 11) is 0. The second-order valence-corrected chi connectivity index (χ2v) is 8.11. The molecule has 30 heavy (non-hydrogen) atoms. The maximum atomic E-state index is 10.8. The van der Waals surface area contributed by atoms with E-state index in [9.17, 15) is 10.1 Å². The Bertz CT molecular complexity index is 1060. The van der Waals surface area contributed by atoms with Crippen LogP contribution in [0.15, 0.2) is 47.8 Å². The number of anilines is 1. The van der Waals surface area contributed by atoms with E-state index in [-0.39, 0.29) is 17.4 Å². The highest BCUT2D eigenvalue weighted by atomic mass is 32.1. The largest absolute Gasteiger partial charge is 0.454 e. The zero-order valence-electron chi connectivity index (χ0n) is 16.2. The summed E-state index contributed by atoms with van der Waals surface area (Å²) >= 11 is 1.64. The van der Waals surface area contributed by atoms with E-state index in [0.717, 1.165) is 66.2 Å². The van der Waals surface area contributed by atoms with Gasteiger partial charge in [-0.1, -0.05) is 0 Å². The van der Waals surface area contributed by atoms with Crippen LogP contribution in [0.3, 0.4) is 0 Å². The van der Waals surface area contributed by atoms with Crippen molar-refractivity contribution >= 4 is 22.7 Å². The van der Waals surface area contributed by atoms with E-state index >= 15 is 0 Å². The highest BCUT2D eigenvalue weighted by Gasteiger charge is 2.20. The minimum atomic E-state index is -0.368. The summed E-state index contributed by atoms with van der Waals surface area (Å²) in [5.74, 6) is 1.55. The topological polar surface area (TPSA) is 81.0 Å². The van der Waals surface area contributed by atoms with Crippen LogP contribution in [0, 0.1) is 10.1 Å². The fourth-order valence-corrected chi connectivity index (χ4v) is 4.53. The number of hydrogen-bond acceptors (Lipinski definition) is 8. The van der Waals surface area contributed by atoms with Gasteiger partial charge in [0.25, 0.3) is 5.69 Å². The number of benzene rings is 2. The molecule has 2 aromatic carbocycles. The van der Waals surface area contributed by atoms with Crippen molar-refractivity contribution in [2.24, 2.45) is 0 Å². The van der Waals surface area contributed by atoms with Gasteiger partial charge in [0.1, 0.15) is 5.01 Å². The molecule has 2 aliphatic rings. The molecule has 0 radical (unpaired) electrons. The Labute approximate surface area is 177 Å². The molecular weight excluding hydrogens is 404 g/mol. The van der Waals surface area contributed by atoms with Crippen molar-refractivity contribution in [1.29, 1.82) is 0 Å². The minimum Gasteiger partial charge on any atom is -0.454 e. The number of ether oxygens (including phenoxy) is 2. The molecule has 3 heterocycles. The van der Waals surface area contributed by atoms with Crippen LogP contribution in [0.2, 0.25) is 0 Å². The van der Waals surface area contributed by atoms with Gasteiger partial charge < -0.3 is 14.4 Å². The van der Waals surface area contributed by atoms with Crippen molar-refractivity contribution in [2.45, 2.75) is 6.54 Å². The summed E-state index contributed by atoms with van der Waals surface area (Å²) in [5.41, 5.74) is 3.26. The maximum absolute atomic E-state index is 10.8. The van der Waals surface area contributed by atoms with E-state index in [0.29, 0.717) is 0 Å². The number of nitrogens with zero attached hydrogens (tertiary/aromatic N) is 4. The van der Waals surface area contributed by atoms with Crippen LogP contribution >= 0.6 is 11.3 Å². The van der Waals surface area contributed by atoms with E-state index < -0.39 is 0 Å². The molecule has 0 amide bonds. The van der Waals surface area contributed by atoms with Gasteiger partial charge in [-0.25, -0.2) is 4.98 Å². The molecule has 8 nitrogen and oxygen atoms in total. The van der Waals surface area contributed by atoms with Gasteiger partial charge in [-0.3, -0.25) is 15.0 Å². The van der Waals surface area contributed by atoms with E-state index in [1.807, 2.05) is 30.3 Å². The third-order valence-corrected chi connectivity index (χ3v) is 6.30. The summed E-state index contributed by atoms with van der Waals surface area (Å²) in [6.45, 7) is 4.71. The lowest BCUT2D eigenvalue weighted by atomic mass is 10.2. The number of nitro groups is 1. The second kappa shape index (κ2) is 7.92. The van der Waals surface area contributed by atoms with Crippen molar-refractivity contribution in [2.75, 3.05) is 37.9 Å². The third kappa shape index (κ3) is 3.81. The molecule has 1 aromatic heterocycles. The minimum absolute atomic E-state index is 0.124. The highest BCUT2D eigenvalue weighted by Crippen LogP contribution is 2.36. The standard InChI is InChI=1S/C21H20N4O4S/c26-25(27)18-4-2-17(3-5-18)24-9-7-23(8-10-24)12-16-13-30-21(22-16)15-1-6-19-20(11-15)29-14-28-19/h1-6,11,13H,7-10,12,14H2. The van der Waals surface area contributed by atoms with Crippen LogP contribution in [-0.4, -0.2) is 47.8 Å². The van der Waals surface area contributed by atoms with Crippen LogP contribution in [-0.2, 0) is 6.54 Å². The normalized spacial score (nSPS) is 16.1. The summed E-state index contributed by atoms with van der Waals surface area (Å²) in [6, 6.07) is 12.7. The third-order valence-electron chi connectivity index (χ3n) is 5.35. The number of fused-ring (bicyclic) bond motifs is 1. The molecule has 5 rings (SSSR count). The van der Waals surface area contributed by atoms with Gasteiger partial charge in [0.2, 0.25) is 6.79 Å². The van der Waals surface area contributed by atoms with Gasteiger partial charge >= 0.3 is 0 Å². The molecule has 1 saturated heterocycles. The Morgan fingerprint density at radius 2 is 1.80 bits per heavy atom. The number of non-ortho nitro benzene ring substituents is 1. The second-order valence-electron chi connectivity index (χ2n) is 7.25. The van der Waals surface area contributed by atoms with Gasteiger partial charge in [0.05, 0.1) is 10.6 Å². The Morgan fingerprint density at radius 3 is 2.57 bits per heavy atom. The fourth-order valence-electron chi connectivity index (χ4n) is 3.72. The van der Waals surface area contributed by atoms with Crippen molar-refractivity contribution in [1.82, 2.24) is 9.88 Å². The molecule has 0 atom stereocenters. The van der Waals surface area contributed by atoms with Crippen molar-refractivity contribution in [3.05, 3.63) is 63.7 Å². The molecule has 0 saturated carbocycles. The lowest BCUT2D eigenvalue weighted by Crippen LogP contribution is -2.46. The summed E-state index contributed by atoms with van der Waals surface area (Å²) in [5, 5.41) is 13.9. The number of rotatable bonds is 5. The van der Waals surface area contributed by atoms with Crippen molar-refractivity contribution < 1.29 is 14.4 Å². The first-order chi connectivity index (χ1) is 14.7. The van der Waals surface area contributed by atoms with Gasteiger partial charge in [-0.05, 0) is 30.3 Å². The first kappa shape index (κ1) is 18.8. The fraction of sp³-hybridized carbons (Fsp3) is 0.286. The number of piperazine rings is 1. The Hall–Kier alpha value is -3.17. The quantitative estimate of drug-likeness (QED) is 0.456. The molecule has 154 valence electrons. The van der Waals surface area contributed by atoms with E-state index in [1.165, 1.54) is 0 Å². The first-order valence-electron chi connectivity index (χ1n) is 9.72. The molecule has 0 spiro atoms. The Balaban J connectivity index is 1.18. The lowest BCUT2D eigenvalue weighted by Gasteiger charge is -2.35. The number of hydrogen-bond donors (Lipinski definition) is 0. The average molecular weight is 424 g/mol. The Morgan fingerprint density at radius 1 is 1.03 bits per heavy atom. The van der Waals surface area contributed by atoms with Gasteiger partial charge in [-0.15, -0.1) is 11.3 Å². The molecular formula is C21H20N4O4S. The monoisotopic (exact) mass is 424 g/mol. The smallest absolute Gasteiger partial charge is 0.269 e. The highest BCUT2D eigenvalue weighted by molar-refractivity contribution is 7.13. The predicted molar refractivity (Wildman–Crippen MR) is 114 cm³/mol. The molecule has 3 aromatic rings. The van der Waals surface area contributed by atoms with Gasteiger partial charge in [-0.2, -0.15) is 0 Å². The molecule has 2 aliphatic heterocycles. The summed E-state index contributed by atoms with van der Waals surface area (Å²) in [6.07, 6.45) is 0. The first-order valence-corrected chi connectivity index (χ1v) is 10.6.